The van der Waals surface area contributed by atoms with Crippen molar-refractivity contribution in [1.82, 2.24) is 4.90 Å². The SMILES string of the molecule is O=C(CCCc1ccccc1)N1CCCC1CCCO. The number of rotatable bonds is 7. The molecule has 0 saturated carbocycles. The average Bonchev–Trinajstić information content (AvgIpc) is 2.94. The number of nitrogens with zero attached hydrogens (tertiary/aromatic N) is 1. The Kier molecular flexibility index (Phi) is 6.06. The number of hydrogen-bond acceptors (Lipinski definition) is 2. The number of carbonyl (C=O) groups is 1. The highest BCUT2D eigenvalue weighted by Crippen LogP contribution is 2.22. The van der Waals surface area contributed by atoms with E-state index in [9.17, 15) is 4.79 Å². The first kappa shape index (κ1) is 15.0. The third kappa shape index (κ3) is 4.34. The molecule has 3 heteroatoms. The molecule has 1 aromatic rings. The number of amides is 1. The molecule has 1 atom stereocenters. The fourth-order valence-electron chi connectivity index (χ4n) is 3.02. The van der Waals surface area contributed by atoms with Crippen LogP contribution in [0.5, 0.6) is 0 Å². The fraction of sp³-hybridized carbons (Fsp3) is 0.588. The molecule has 3 nitrogen and oxygen atoms in total. The van der Waals surface area contributed by atoms with Gasteiger partial charge in [0.2, 0.25) is 5.91 Å². The maximum Gasteiger partial charge on any atom is 0.222 e. The van der Waals surface area contributed by atoms with E-state index in [1.165, 1.54) is 5.56 Å². The molecule has 0 radical (unpaired) electrons. The molecular formula is C17H25NO2. The van der Waals surface area contributed by atoms with Crippen molar-refractivity contribution < 1.29 is 9.90 Å². The van der Waals surface area contributed by atoms with Gasteiger partial charge < -0.3 is 10.0 Å². The molecule has 0 aromatic heterocycles. The van der Waals surface area contributed by atoms with Crippen LogP contribution in [0.2, 0.25) is 0 Å². The summed E-state index contributed by atoms with van der Waals surface area (Å²) in [6, 6.07) is 10.7. The van der Waals surface area contributed by atoms with E-state index in [-0.39, 0.29) is 6.61 Å². The third-order valence-electron chi connectivity index (χ3n) is 4.09. The van der Waals surface area contributed by atoms with Gasteiger partial charge >= 0.3 is 0 Å². The van der Waals surface area contributed by atoms with Crippen molar-refractivity contribution in [1.29, 1.82) is 0 Å². The van der Waals surface area contributed by atoms with Crippen LogP contribution in [0.15, 0.2) is 30.3 Å². The number of aliphatic hydroxyl groups is 1. The summed E-state index contributed by atoms with van der Waals surface area (Å²) >= 11 is 0. The fourth-order valence-corrected chi connectivity index (χ4v) is 3.02. The van der Waals surface area contributed by atoms with Gasteiger partial charge in [-0.2, -0.15) is 0 Å². The van der Waals surface area contributed by atoms with Gasteiger partial charge in [-0.15, -0.1) is 0 Å². The lowest BCUT2D eigenvalue weighted by molar-refractivity contribution is -0.132. The molecule has 0 bridgehead atoms. The van der Waals surface area contributed by atoms with Crippen LogP contribution < -0.4 is 0 Å². The molecular weight excluding hydrogens is 250 g/mol. The van der Waals surface area contributed by atoms with Gasteiger partial charge in [-0.05, 0) is 44.1 Å². The molecule has 0 spiro atoms. The van der Waals surface area contributed by atoms with E-state index in [0.29, 0.717) is 18.4 Å². The van der Waals surface area contributed by atoms with E-state index in [0.717, 1.165) is 45.1 Å². The van der Waals surface area contributed by atoms with Crippen molar-refractivity contribution in [2.45, 2.75) is 51.0 Å². The molecule has 1 amide bonds. The van der Waals surface area contributed by atoms with Gasteiger partial charge in [-0.3, -0.25) is 4.79 Å². The first-order valence-electron chi connectivity index (χ1n) is 7.75. The van der Waals surface area contributed by atoms with Crippen LogP contribution >= 0.6 is 0 Å². The first-order valence-corrected chi connectivity index (χ1v) is 7.75. The van der Waals surface area contributed by atoms with Crippen molar-refractivity contribution >= 4 is 5.91 Å². The predicted octanol–water partition coefficient (Wildman–Crippen LogP) is 2.77. The van der Waals surface area contributed by atoms with Crippen LogP contribution in [-0.2, 0) is 11.2 Å². The summed E-state index contributed by atoms with van der Waals surface area (Å²) in [5, 5.41) is 8.92. The molecule has 2 rings (SSSR count). The zero-order chi connectivity index (χ0) is 14.2. The molecule has 110 valence electrons. The summed E-state index contributed by atoms with van der Waals surface area (Å²) in [6.07, 6.45) is 6.50. The molecule has 1 aliphatic heterocycles. The van der Waals surface area contributed by atoms with E-state index >= 15 is 0 Å². The van der Waals surface area contributed by atoms with Gasteiger partial charge in [0.25, 0.3) is 0 Å². The van der Waals surface area contributed by atoms with Crippen LogP contribution in [0.1, 0.15) is 44.1 Å². The standard InChI is InChI=1S/C17H25NO2/c19-14-6-11-16-10-5-13-18(16)17(20)12-4-9-15-7-2-1-3-8-15/h1-3,7-8,16,19H,4-6,9-14H2. The molecule has 1 heterocycles. The predicted molar refractivity (Wildman–Crippen MR) is 80.4 cm³/mol. The second kappa shape index (κ2) is 8.05. The smallest absolute Gasteiger partial charge is 0.222 e. The van der Waals surface area contributed by atoms with Gasteiger partial charge in [0.05, 0.1) is 0 Å². The Morgan fingerprint density at radius 3 is 2.80 bits per heavy atom. The summed E-state index contributed by atoms with van der Waals surface area (Å²) in [7, 11) is 0. The third-order valence-corrected chi connectivity index (χ3v) is 4.09. The highest BCUT2D eigenvalue weighted by molar-refractivity contribution is 5.76. The van der Waals surface area contributed by atoms with Gasteiger partial charge in [0.1, 0.15) is 0 Å². The summed E-state index contributed by atoms with van der Waals surface area (Å²) in [5.41, 5.74) is 1.30. The van der Waals surface area contributed by atoms with Crippen molar-refractivity contribution in [2.24, 2.45) is 0 Å². The molecule has 1 fully saturated rings. The second-order valence-corrected chi connectivity index (χ2v) is 5.59. The van der Waals surface area contributed by atoms with E-state index < -0.39 is 0 Å². The summed E-state index contributed by atoms with van der Waals surface area (Å²) < 4.78 is 0. The number of aryl methyl sites for hydroxylation is 1. The Morgan fingerprint density at radius 1 is 1.25 bits per heavy atom. The Bertz CT molecular complexity index is 405. The summed E-state index contributed by atoms with van der Waals surface area (Å²) in [5.74, 6) is 0.293. The minimum atomic E-state index is 0.229. The van der Waals surface area contributed by atoms with E-state index in [4.69, 9.17) is 5.11 Å². The van der Waals surface area contributed by atoms with Crippen LogP contribution in [0.4, 0.5) is 0 Å². The second-order valence-electron chi connectivity index (χ2n) is 5.59. The summed E-state index contributed by atoms with van der Waals surface area (Å²) in [4.78, 5) is 14.3. The van der Waals surface area contributed by atoms with Gasteiger partial charge in [-0.1, -0.05) is 30.3 Å². The van der Waals surface area contributed by atoms with Crippen LogP contribution in [0.3, 0.4) is 0 Å². The zero-order valence-corrected chi connectivity index (χ0v) is 12.1. The number of carbonyl (C=O) groups excluding carboxylic acids is 1. The van der Waals surface area contributed by atoms with E-state index in [2.05, 4.69) is 12.1 Å². The van der Waals surface area contributed by atoms with Crippen molar-refractivity contribution in [3.8, 4) is 0 Å². The van der Waals surface area contributed by atoms with Gasteiger partial charge in [-0.25, -0.2) is 0 Å². The Hall–Kier alpha value is -1.35. The molecule has 1 aromatic carbocycles. The number of aliphatic hydroxyl groups excluding tert-OH is 1. The lowest BCUT2D eigenvalue weighted by Crippen LogP contribution is -2.35. The topological polar surface area (TPSA) is 40.5 Å². The maximum atomic E-state index is 12.3. The first-order chi connectivity index (χ1) is 9.81. The lowest BCUT2D eigenvalue weighted by atomic mass is 10.1. The molecule has 1 unspecified atom stereocenters. The molecule has 0 aliphatic carbocycles. The quantitative estimate of drug-likeness (QED) is 0.831. The number of hydrogen-bond donors (Lipinski definition) is 1. The minimum Gasteiger partial charge on any atom is -0.396 e. The van der Waals surface area contributed by atoms with Crippen molar-refractivity contribution in [3.05, 3.63) is 35.9 Å². The van der Waals surface area contributed by atoms with Crippen molar-refractivity contribution in [2.75, 3.05) is 13.2 Å². The van der Waals surface area contributed by atoms with Gasteiger partial charge in [0.15, 0.2) is 0 Å². The van der Waals surface area contributed by atoms with Crippen LogP contribution in [-0.4, -0.2) is 35.1 Å². The summed E-state index contributed by atoms with van der Waals surface area (Å²) in [6.45, 7) is 1.13. The lowest BCUT2D eigenvalue weighted by Gasteiger charge is -2.24. The monoisotopic (exact) mass is 275 g/mol. The highest BCUT2D eigenvalue weighted by atomic mass is 16.3. The Balaban J connectivity index is 1.73. The Morgan fingerprint density at radius 2 is 2.05 bits per heavy atom. The zero-order valence-electron chi connectivity index (χ0n) is 12.1. The van der Waals surface area contributed by atoms with E-state index in [1.54, 1.807) is 0 Å². The van der Waals surface area contributed by atoms with Crippen LogP contribution in [0.25, 0.3) is 0 Å². The number of benzene rings is 1. The normalized spacial score (nSPS) is 18.4. The van der Waals surface area contributed by atoms with E-state index in [1.807, 2.05) is 23.1 Å². The largest absolute Gasteiger partial charge is 0.396 e. The van der Waals surface area contributed by atoms with Crippen LogP contribution in [0, 0.1) is 0 Å². The maximum absolute atomic E-state index is 12.3. The number of likely N-dealkylation sites (tertiary alicyclic amines) is 1. The highest BCUT2D eigenvalue weighted by Gasteiger charge is 2.27. The molecule has 20 heavy (non-hydrogen) atoms. The molecule has 1 saturated heterocycles. The Labute approximate surface area is 121 Å². The molecule has 1 N–H and O–H groups in total. The van der Waals surface area contributed by atoms with Crippen molar-refractivity contribution in [3.63, 3.8) is 0 Å². The molecule has 1 aliphatic rings. The average molecular weight is 275 g/mol. The minimum absolute atomic E-state index is 0.229. The van der Waals surface area contributed by atoms with Gasteiger partial charge in [0, 0.05) is 25.6 Å².